The van der Waals surface area contributed by atoms with Gasteiger partial charge in [-0.25, -0.2) is 0 Å². The zero-order valence-electron chi connectivity index (χ0n) is 13.4. The molecule has 3 aliphatic heterocycles. The van der Waals surface area contributed by atoms with Crippen molar-refractivity contribution in [2.75, 3.05) is 33.4 Å². The van der Waals surface area contributed by atoms with Crippen LogP contribution in [0.5, 0.6) is 0 Å². The molecule has 1 aromatic rings. The quantitative estimate of drug-likeness (QED) is 0.715. The van der Waals surface area contributed by atoms with Crippen LogP contribution in [0.15, 0.2) is 18.2 Å². The van der Waals surface area contributed by atoms with Crippen molar-refractivity contribution in [2.45, 2.75) is 18.6 Å². The molecule has 4 rings (SSSR count). The molecule has 3 aliphatic rings. The fourth-order valence-corrected chi connectivity index (χ4v) is 3.51. The number of nitrogens with zero attached hydrogens (tertiary/aromatic N) is 2. The van der Waals surface area contributed by atoms with E-state index in [1.54, 1.807) is 17.0 Å². The van der Waals surface area contributed by atoms with E-state index in [9.17, 15) is 14.4 Å². The van der Waals surface area contributed by atoms with Crippen LogP contribution in [0.3, 0.4) is 0 Å². The van der Waals surface area contributed by atoms with Crippen molar-refractivity contribution >= 4 is 17.7 Å². The fraction of sp³-hybridized carbons (Fsp3) is 0.471. The molecule has 1 aromatic carbocycles. The lowest BCUT2D eigenvalue weighted by Gasteiger charge is -2.37. The Bertz CT molecular complexity index is 728. The first-order valence-electron chi connectivity index (χ1n) is 8.04. The van der Waals surface area contributed by atoms with Gasteiger partial charge < -0.3 is 14.4 Å². The monoisotopic (exact) mass is 330 g/mol. The molecule has 7 heteroatoms. The number of carbonyl (C=O) groups is 3. The molecule has 3 amide bonds. The fourth-order valence-electron chi connectivity index (χ4n) is 3.51. The third-order valence-electron chi connectivity index (χ3n) is 4.96. The van der Waals surface area contributed by atoms with Crippen LogP contribution < -0.4 is 0 Å². The summed E-state index contributed by atoms with van der Waals surface area (Å²) in [6.07, 6.45) is 1.29. The van der Waals surface area contributed by atoms with Crippen LogP contribution in [0.2, 0.25) is 0 Å². The number of hydrogen-bond acceptors (Lipinski definition) is 5. The summed E-state index contributed by atoms with van der Waals surface area (Å²) in [5.74, 6) is -1.36. The summed E-state index contributed by atoms with van der Waals surface area (Å²) in [5, 5.41) is 0. The first kappa shape index (κ1) is 15.3. The van der Waals surface area contributed by atoms with Gasteiger partial charge in [-0.05, 0) is 18.2 Å². The Balaban J connectivity index is 1.52. The highest BCUT2D eigenvalue weighted by molar-refractivity contribution is 6.21. The molecule has 3 heterocycles. The van der Waals surface area contributed by atoms with E-state index in [2.05, 4.69) is 0 Å². The topological polar surface area (TPSA) is 76.2 Å². The van der Waals surface area contributed by atoms with E-state index in [0.717, 1.165) is 4.90 Å². The van der Waals surface area contributed by atoms with Crippen molar-refractivity contribution < 1.29 is 23.9 Å². The molecular weight excluding hydrogens is 312 g/mol. The Morgan fingerprint density at radius 1 is 1.04 bits per heavy atom. The van der Waals surface area contributed by atoms with Crippen LogP contribution in [0.25, 0.3) is 0 Å². The number of ether oxygens (including phenoxy) is 2. The molecule has 1 spiro atoms. The van der Waals surface area contributed by atoms with E-state index in [4.69, 9.17) is 9.47 Å². The molecule has 2 saturated heterocycles. The smallest absolute Gasteiger partial charge is 0.261 e. The first-order valence-corrected chi connectivity index (χ1v) is 8.04. The summed E-state index contributed by atoms with van der Waals surface area (Å²) in [6.45, 7) is 2.29. The van der Waals surface area contributed by atoms with Crippen LogP contribution in [0.1, 0.15) is 43.9 Å². The Hall–Kier alpha value is -2.25. The van der Waals surface area contributed by atoms with E-state index < -0.39 is 5.79 Å². The molecular formula is C17H18N2O5. The number of rotatable bonds is 1. The van der Waals surface area contributed by atoms with Crippen molar-refractivity contribution in [1.29, 1.82) is 0 Å². The minimum atomic E-state index is -0.528. The number of piperidine rings is 1. The Morgan fingerprint density at radius 3 is 2.33 bits per heavy atom. The third kappa shape index (κ3) is 2.23. The second kappa shape index (κ2) is 5.39. The SMILES string of the molecule is CN1C(=O)c2ccc(C(=O)N3CCC4(CC3)OCCO4)cc2C1=O. The lowest BCUT2D eigenvalue weighted by atomic mass is 10.0. The molecule has 0 saturated carbocycles. The summed E-state index contributed by atoms with van der Waals surface area (Å²) in [4.78, 5) is 39.5. The van der Waals surface area contributed by atoms with Gasteiger partial charge >= 0.3 is 0 Å². The molecule has 0 radical (unpaired) electrons. The molecule has 2 fully saturated rings. The van der Waals surface area contributed by atoms with Crippen LogP contribution in [-0.4, -0.2) is 66.7 Å². The number of fused-ring (bicyclic) bond motifs is 1. The van der Waals surface area contributed by atoms with Gasteiger partial charge in [0.05, 0.1) is 24.3 Å². The number of hydrogen-bond donors (Lipinski definition) is 0. The molecule has 0 atom stereocenters. The summed E-state index contributed by atoms with van der Waals surface area (Å²) < 4.78 is 11.3. The van der Waals surface area contributed by atoms with Crippen molar-refractivity contribution in [2.24, 2.45) is 0 Å². The van der Waals surface area contributed by atoms with E-state index in [1.165, 1.54) is 13.1 Å². The zero-order chi connectivity index (χ0) is 16.9. The summed E-state index contributed by atoms with van der Waals surface area (Å²) in [6, 6.07) is 4.69. The lowest BCUT2D eigenvalue weighted by molar-refractivity contribution is -0.181. The largest absolute Gasteiger partial charge is 0.347 e. The van der Waals surface area contributed by atoms with Gasteiger partial charge in [0.1, 0.15) is 0 Å². The van der Waals surface area contributed by atoms with Gasteiger partial charge in [0.25, 0.3) is 17.7 Å². The first-order chi connectivity index (χ1) is 11.5. The van der Waals surface area contributed by atoms with E-state index in [-0.39, 0.29) is 17.7 Å². The van der Waals surface area contributed by atoms with Crippen LogP contribution in [0.4, 0.5) is 0 Å². The van der Waals surface area contributed by atoms with Gasteiger partial charge in [0.15, 0.2) is 5.79 Å². The van der Waals surface area contributed by atoms with Gasteiger partial charge in [-0.3, -0.25) is 19.3 Å². The molecule has 0 aliphatic carbocycles. The average Bonchev–Trinajstić information content (AvgIpc) is 3.14. The number of likely N-dealkylation sites (tertiary alicyclic amines) is 1. The third-order valence-corrected chi connectivity index (χ3v) is 4.96. The van der Waals surface area contributed by atoms with Gasteiger partial charge in [0.2, 0.25) is 0 Å². The number of benzene rings is 1. The van der Waals surface area contributed by atoms with Gasteiger partial charge in [-0.1, -0.05) is 0 Å². The second-order valence-electron chi connectivity index (χ2n) is 6.33. The molecule has 0 aromatic heterocycles. The minimum absolute atomic E-state index is 0.138. The highest BCUT2D eigenvalue weighted by atomic mass is 16.7. The predicted octanol–water partition coefficient (Wildman–Crippen LogP) is 0.892. The average molecular weight is 330 g/mol. The molecule has 0 unspecified atom stereocenters. The van der Waals surface area contributed by atoms with Crippen molar-refractivity contribution in [1.82, 2.24) is 9.80 Å². The molecule has 7 nitrogen and oxygen atoms in total. The highest BCUT2D eigenvalue weighted by Crippen LogP contribution is 2.32. The Kier molecular flexibility index (Phi) is 3.43. The number of amides is 3. The van der Waals surface area contributed by atoms with Gasteiger partial charge in [0, 0.05) is 38.5 Å². The number of carbonyl (C=O) groups excluding carboxylic acids is 3. The predicted molar refractivity (Wildman–Crippen MR) is 82.6 cm³/mol. The normalized spacial score (nSPS) is 22.4. The Morgan fingerprint density at radius 2 is 1.67 bits per heavy atom. The van der Waals surface area contributed by atoms with Crippen molar-refractivity contribution in [3.8, 4) is 0 Å². The summed E-state index contributed by atoms with van der Waals surface area (Å²) in [7, 11) is 1.44. The van der Waals surface area contributed by atoms with Crippen molar-refractivity contribution in [3.63, 3.8) is 0 Å². The van der Waals surface area contributed by atoms with Gasteiger partial charge in [-0.15, -0.1) is 0 Å². The zero-order valence-corrected chi connectivity index (χ0v) is 13.4. The van der Waals surface area contributed by atoms with E-state index in [1.807, 2.05) is 0 Å². The summed E-state index contributed by atoms with van der Waals surface area (Å²) >= 11 is 0. The number of imide groups is 1. The maximum atomic E-state index is 12.7. The minimum Gasteiger partial charge on any atom is -0.347 e. The summed E-state index contributed by atoms with van der Waals surface area (Å²) in [5.41, 5.74) is 1.07. The Labute approximate surface area is 139 Å². The molecule has 0 N–H and O–H groups in total. The standard InChI is InChI=1S/C17H18N2O5/c1-18-15(21)12-3-2-11(10-13(12)16(18)22)14(20)19-6-4-17(5-7-19)23-8-9-24-17/h2-3,10H,4-9H2,1H3. The lowest BCUT2D eigenvalue weighted by Crippen LogP contribution is -2.47. The highest BCUT2D eigenvalue weighted by Gasteiger charge is 2.41. The second-order valence-corrected chi connectivity index (χ2v) is 6.33. The van der Waals surface area contributed by atoms with E-state index >= 15 is 0 Å². The maximum Gasteiger partial charge on any atom is 0.261 e. The van der Waals surface area contributed by atoms with Crippen molar-refractivity contribution in [3.05, 3.63) is 34.9 Å². The molecule has 0 bridgehead atoms. The van der Waals surface area contributed by atoms with Crippen LogP contribution in [-0.2, 0) is 9.47 Å². The molecule has 126 valence electrons. The van der Waals surface area contributed by atoms with E-state index in [0.29, 0.717) is 55.8 Å². The van der Waals surface area contributed by atoms with Gasteiger partial charge in [-0.2, -0.15) is 0 Å². The van der Waals surface area contributed by atoms with Crippen LogP contribution >= 0.6 is 0 Å². The van der Waals surface area contributed by atoms with Crippen LogP contribution in [0, 0.1) is 0 Å². The maximum absolute atomic E-state index is 12.7. The molecule has 24 heavy (non-hydrogen) atoms.